The maximum atomic E-state index is 13.9. The third kappa shape index (κ3) is 4.23. The number of aryl methyl sites for hydroxylation is 1. The van der Waals surface area contributed by atoms with Gasteiger partial charge in [0, 0.05) is 46.2 Å². The summed E-state index contributed by atoms with van der Waals surface area (Å²) in [4.78, 5) is 15.9. The molecule has 5 aromatic rings. The number of carbonyl (C=O) groups is 1. The lowest BCUT2D eigenvalue weighted by Gasteiger charge is -2.27. The van der Waals surface area contributed by atoms with Crippen LogP contribution in [0.15, 0.2) is 91.0 Å². The van der Waals surface area contributed by atoms with Gasteiger partial charge < -0.3 is 18.9 Å². The van der Waals surface area contributed by atoms with Gasteiger partial charge in [-0.15, -0.1) is 0 Å². The van der Waals surface area contributed by atoms with Crippen LogP contribution in [-0.2, 0) is 13.5 Å². The van der Waals surface area contributed by atoms with Crippen LogP contribution in [0.1, 0.15) is 33.1 Å². The Hall–Kier alpha value is -4.22. The van der Waals surface area contributed by atoms with E-state index in [0.717, 1.165) is 62.3 Å². The average molecular weight is 537 g/mol. The zero-order valence-corrected chi connectivity index (χ0v) is 22.9. The van der Waals surface area contributed by atoms with E-state index in [9.17, 15) is 4.79 Å². The van der Waals surface area contributed by atoms with Gasteiger partial charge in [0.2, 0.25) is 0 Å². The Morgan fingerprint density at radius 3 is 2.36 bits per heavy atom. The van der Waals surface area contributed by atoms with Crippen LogP contribution in [0, 0.1) is 0 Å². The Balaban J connectivity index is 1.58. The standard InChI is InChI=1S/C33H29ClN2O3/c1-35-28-11-7-6-10-26(28)30(31(35)27-20-23(38-2)16-17-29(27)39-3)32-24-8-4-5-9-25(24)33(37)36(32)19-18-21-12-14-22(34)15-13-21/h4-17,20,32H,18-19H2,1-3H3. The van der Waals surface area contributed by atoms with E-state index in [4.69, 9.17) is 21.1 Å². The monoisotopic (exact) mass is 536 g/mol. The van der Waals surface area contributed by atoms with Crippen LogP contribution in [0.4, 0.5) is 0 Å². The van der Waals surface area contributed by atoms with Crippen LogP contribution in [0.2, 0.25) is 5.02 Å². The first-order valence-corrected chi connectivity index (χ1v) is 13.3. The minimum absolute atomic E-state index is 0.0426. The molecule has 39 heavy (non-hydrogen) atoms. The van der Waals surface area contributed by atoms with Crippen LogP contribution >= 0.6 is 11.6 Å². The molecule has 0 saturated carbocycles. The lowest BCUT2D eigenvalue weighted by molar-refractivity contribution is 0.0753. The largest absolute Gasteiger partial charge is 0.497 e. The molecule has 1 unspecified atom stereocenters. The number of para-hydroxylation sites is 1. The molecule has 1 aromatic heterocycles. The summed E-state index contributed by atoms with van der Waals surface area (Å²) in [6.45, 7) is 0.567. The molecule has 1 amide bonds. The van der Waals surface area contributed by atoms with Crippen molar-refractivity contribution < 1.29 is 14.3 Å². The molecule has 2 heterocycles. The van der Waals surface area contributed by atoms with Gasteiger partial charge >= 0.3 is 0 Å². The van der Waals surface area contributed by atoms with Crippen molar-refractivity contribution in [2.24, 2.45) is 7.05 Å². The van der Waals surface area contributed by atoms with Gasteiger partial charge in [0.25, 0.3) is 5.91 Å². The maximum Gasteiger partial charge on any atom is 0.255 e. The second-order valence-corrected chi connectivity index (χ2v) is 10.2. The third-order valence-electron chi connectivity index (χ3n) is 7.69. The van der Waals surface area contributed by atoms with Crippen LogP contribution in [0.3, 0.4) is 0 Å². The van der Waals surface area contributed by atoms with Crippen molar-refractivity contribution in [1.29, 1.82) is 0 Å². The van der Waals surface area contributed by atoms with Crippen molar-refractivity contribution in [2.75, 3.05) is 20.8 Å². The van der Waals surface area contributed by atoms with Gasteiger partial charge in [-0.25, -0.2) is 0 Å². The first-order valence-electron chi connectivity index (χ1n) is 13.0. The smallest absolute Gasteiger partial charge is 0.255 e. The molecular weight excluding hydrogens is 508 g/mol. The number of ether oxygens (including phenoxy) is 2. The van der Waals surface area contributed by atoms with Crippen molar-refractivity contribution in [1.82, 2.24) is 9.47 Å². The van der Waals surface area contributed by atoms with E-state index in [0.29, 0.717) is 11.6 Å². The highest BCUT2D eigenvalue weighted by Gasteiger charge is 2.40. The van der Waals surface area contributed by atoms with E-state index < -0.39 is 0 Å². The first kappa shape index (κ1) is 25.1. The summed E-state index contributed by atoms with van der Waals surface area (Å²) in [5.41, 5.74) is 6.97. The molecule has 0 aliphatic carbocycles. The normalized spacial score (nSPS) is 14.6. The summed E-state index contributed by atoms with van der Waals surface area (Å²) in [6, 6.07) is 29.7. The Morgan fingerprint density at radius 2 is 1.59 bits per heavy atom. The van der Waals surface area contributed by atoms with Crippen molar-refractivity contribution in [3.8, 4) is 22.8 Å². The van der Waals surface area contributed by atoms with Gasteiger partial charge in [-0.2, -0.15) is 0 Å². The zero-order valence-electron chi connectivity index (χ0n) is 22.1. The highest BCUT2D eigenvalue weighted by Crippen LogP contribution is 2.48. The summed E-state index contributed by atoms with van der Waals surface area (Å²) in [7, 11) is 5.42. The number of methoxy groups -OCH3 is 2. The van der Waals surface area contributed by atoms with Gasteiger partial charge in [0.15, 0.2) is 0 Å². The number of benzene rings is 4. The van der Waals surface area contributed by atoms with Crippen LogP contribution in [0.5, 0.6) is 11.5 Å². The van der Waals surface area contributed by atoms with E-state index in [1.807, 2.05) is 71.6 Å². The molecule has 5 nitrogen and oxygen atoms in total. The van der Waals surface area contributed by atoms with Crippen molar-refractivity contribution in [2.45, 2.75) is 12.5 Å². The molecule has 1 atom stereocenters. The first-order chi connectivity index (χ1) is 19.0. The Morgan fingerprint density at radius 1 is 0.846 bits per heavy atom. The number of hydrogen-bond acceptors (Lipinski definition) is 3. The highest BCUT2D eigenvalue weighted by atomic mass is 35.5. The summed E-state index contributed by atoms with van der Waals surface area (Å²) in [6.07, 6.45) is 0.718. The predicted octanol–water partition coefficient (Wildman–Crippen LogP) is 7.30. The van der Waals surface area contributed by atoms with Crippen LogP contribution < -0.4 is 9.47 Å². The number of amides is 1. The van der Waals surface area contributed by atoms with Gasteiger partial charge in [0.1, 0.15) is 11.5 Å². The maximum absolute atomic E-state index is 13.9. The summed E-state index contributed by atoms with van der Waals surface area (Å²) in [5, 5.41) is 1.81. The highest BCUT2D eigenvalue weighted by molar-refractivity contribution is 6.30. The molecule has 196 valence electrons. The van der Waals surface area contributed by atoms with Crippen molar-refractivity contribution >= 4 is 28.4 Å². The van der Waals surface area contributed by atoms with Gasteiger partial charge in [0.05, 0.1) is 26.0 Å². The van der Waals surface area contributed by atoms with E-state index in [1.54, 1.807) is 14.2 Å². The Bertz CT molecular complexity index is 1690. The number of hydrogen-bond donors (Lipinski definition) is 0. The minimum atomic E-state index is -0.266. The Labute approximate surface area is 233 Å². The quantitative estimate of drug-likeness (QED) is 0.219. The lowest BCUT2D eigenvalue weighted by atomic mass is 9.92. The zero-order chi connectivity index (χ0) is 27.1. The number of halogens is 1. The van der Waals surface area contributed by atoms with Gasteiger partial charge in [-0.05, 0) is 60.0 Å². The number of rotatable bonds is 7. The molecule has 1 aliphatic heterocycles. The van der Waals surface area contributed by atoms with Crippen molar-refractivity contribution in [3.05, 3.63) is 118 Å². The van der Waals surface area contributed by atoms with Crippen molar-refractivity contribution in [3.63, 3.8) is 0 Å². The fourth-order valence-corrected chi connectivity index (χ4v) is 5.96. The molecule has 6 heteroatoms. The predicted molar refractivity (Wildman–Crippen MR) is 156 cm³/mol. The number of aromatic nitrogens is 1. The SMILES string of the molecule is COc1ccc(OC)c(-c2c(C3c4ccccc4C(=O)N3CCc3ccc(Cl)cc3)c3ccccc3n2C)c1. The van der Waals surface area contributed by atoms with Gasteiger partial charge in [-0.1, -0.05) is 60.1 Å². The van der Waals surface area contributed by atoms with Crippen LogP contribution in [-0.4, -0.2) is 36.1 Å². The second-order valence-electron chi connectivity index (χ2n) is 9.77. The molecular formula is C33H29ClN2O3. The number of nitrogens with zero attached hydrogens (tertiary/aromatic N) is 2. The second kappa shape index (κ2) is 10.2. The van der Waals surface area contributed by atoms with E-state index >= 15 is 0 Å². The van der Waals surface area contributed by atoms with E-state index in [-0.39, 0.29) is 11.9 Å². The summed E-state index contributed by atoms with van der Waals surface area (Å²) < 4.78 is 13.6. The fourth-order valence-electron chi connectivity index (χ4n) is 5.84. The summed E-state index contributed by atoms with van der Waals surface area (Å²) in [5.74, 6) is 1.53. The van der Waals surface area contributed by atoms with Crippen LogP contribution in [0.25, 0.3) is 22.2 Å². The molecule has 0 fully saturated rings. The van der Waals surface area contributed by atoms with E-state index in [2.05, 4.69) is 35.9 Å². The third-order valence-corrected chi connectivity index (χ3v) is 7.95. The molecule has 0 N–H and O–H groups in total. The molecule has 0 saturated heterocycles. The molecule has 0 bridgehead atoms. The number of fused-ring (bicyclic) bond motifs is 2. The fraction of sp³-hybridized carbons (Fsp3) is 0.182. The topological polar surface area (TPSA) is 43.7 Å². The molecule has 4 aromatic carbocycles. The van der Waals surface area contributed by atoms with E-state index in [1.165, 1.54) is 0 Å². The lowest BCUT2D eigenvalue weighted by Crippen LogP contribution is -2.31. The number of carbonyl (C=O) groups excluding carboxylic acids is 1. The van der Waals surface area contributed by atoms with Gasteiger partial charge in [-0.3, -0.25) is 4.79 Å². The average Bonchev–Trinajstić information content (AvgIpc) is 3.42. The Kier molecular flexibility index (Phi) is 6.53. The molecule has 1 aliphatic rings. The molecule has 6 rings (SSSR count). The summed E-state index contributed by atoms with van der Waals surface area (Å²) >= 11 is 6.12. The molecule has 0 radical (unpaired) electrons. The molecule has 0 spiro atoms. The minimum Gasteiger partial charge on any atom is -0.497 e.